The van der Waals surface area contributed by atoms with E-state index >= 15 is 0 Å². The molecule has 1 spiro atoms. The Morgan fingerprint density at radius 2 is 2.07 bits per heavy atom. The quantitative estimate of drug-likeness (QED) is 0.542. The zero-order chi connectivity index (χ0) is 18.6. The van der Waals surface area contributed by atoms with Crippen molar-refractivity contribution in [2.24, 2.45) is 0 Å². The van der Waals surface area contributed by atoms with Crippen molar-refractivity contribution in [1.29, 1.82) is 0 Å². The van der Waals surface area contributed by atoms with E-state index in [1.54, 1.807) is 17.5 Å². The number of hydrogen-bond acceptors (Lipinski definition) is 4. The average Bonchev–Trinajstić information content (AvgIpc) is 3.36. The maximum Gasteiger partial charge on any atom is 0.325 e. The molecule has 1 aliphatic carbocycles. The fourth-order valence-corrected chi connectivity index (χ4v) is 5.22. The summed E-state index contributed by atoms with van der Waals surface area (Å²) in [5, 5.41) is 5.63. The molecule has 1 saturated heterocycles. The molecule has 5 rings (SSSR count). The van der Waals surface area contributed by atoms with Gasteiger partial charge in [0, 0.05) is 33.1 Å². The van der Waals surface area contributed by atoms with Crippen molar-refractivity contribution in [3.63, 3.8) is 0 Å². The lowest BCUT2D eigenvalue weighted by Crippen LogP contribution is -2.46. The van der Waals surface area contributed by atoms with Crippen LogP contribution in [0.5, 0.6) is 0 Å². The molecule has 1 aliphatic heterocycles. The number of hydrogen-bond donors (Lipinski definition) is 2. The van der Waals surface area contributed by atoms with Gasteiger partial charge >= 0.3 is 6.03 Å². The second kappa shape index (κ2) is 5.79. The molecule has 27 heavy (non-hydrogen) atoms. The Kier molecular flexibility index (Phi) is 3.48. The van der Waals surface area contributed by atoms with Gasteiger partial charge in [0.25, 0.3) is 5.91 Å². The normalized spacial score (nSPS) is 21.7. The van der Waals surface area contributed by atoms with Gasteiger partial charge in [0.1, 0.15) is 5.54 Å². The molecule has 2 aliphatic rings. The maximum atomic E-state index is 13.2. The standard InChI is InChI=1S/C20H17N3O3S/c24-16(13-10-21-15-5-2-1-4-12(13)15)11-23-18(25)20(22-19(23)26)8-3-6-17-14(20)7-9-27-17/h1-2,4-5,7,9-10,21H,3,6,8,11H2,(H,22,26)/t20-/m0/s1. The number of imide groups is 1. The monoisotopic (exact) mass is 379 g/mol. The summed E-state index contributed by atoms with van der Waals surface area (Å²) in [6, 6.07) is 8.90. The summed E-state index contributed by atoms with van der Waals surface area (Å²) >= 11 is 1.61. The van der Waals surface area contributed by atoms with Crippen LogP contribution in [-0.4, -0.2) is 34.2 Å². The van der Waals surface area contributed by atoms with Gasteiger partial charge in [-0.1, -0.05) is 18.2 Å². The number of aromatic nitrogens is 1. The second-order valence-corrected chi connectivity index (χ2v) is 8.01. The molecular formula is C20H17N3O3S. The highest BCUT2D eigenvalue weighted by atomic mass is 32.1. The van der Waals surface area contributed by atoms with Crippen LogP contribution < -0.4 is 5.32 Å². The summed E-state index contributed by atoms with van der Waals surface area (Å²) < 4.78 is 0. The molecule has 3 aromatic rings. The Morgan fingerprint density at radius 1 is 1.22 bits per heavy atom. The number of carbonyl (C=O) groups excluding carboxylic acids is 3. The predicted molar refractivity (Wildman–Crippen MR) is 102 cm³/mol. The molecular weight excluding hydrogens is 362 g/mol. The smallest absolute Gasteiger partial charge is 0.325 e. The van der Waals surface area contributed by atoms with Gasteiger partial charge in [-0.15, -0.1) is 11.3 Å². The van der Waals surface area contributed by atoms with Crippen LogP contribution in [0.25, 0.3) is 10.9 Å². The third-order valence-corrected chi connectivity index (χ3v) is 6.51. The Hall–Kier alpha value is -2.93. The minimum atomic E-state index is -1.01. The van der Waals surface area contributed by atoms with Crippen molar-refractivity contribution < 1.29 is 14.4 Å². The number of nitrogens with zero attached hydrogens (tertiary/aromatic N) is 1. The molecule has 1 aromatic carbocycles. The molecule has 0 radical (unpaired) electrons. The summed E-state index contributed by atoms with van der Waals surface area (Å²) in [6.07, 6.45) is 3.97. The lowest BCUT2D eigenvalue weighted by molar-refractivity contribution is -0.131. The third kappa shape index (κ3) is 2.28. The van der Waals surface area contributed by atoms with Crippen LogP contribution in [0.1, 0.15) is 33.6 Å². The van der Waals surface area contributed by atoms with Crippen molar-refractivity contribution in [2.75, 3.05) is 6.54 Å². The molecule has 6 nitrogen and oxygen atoms in total. The Bertz CT molecular complexity index is 1100. The van der Waals surface area contributed by atoms with Crippen molar-refractivity contribution in [2.45, 2.75) is 24.8 Å². The number of para-hydroxylation sites is 1. The number of amides is 3. The van der Waals surface area contributed by atoms with Crippen LogP contribution >= 0.6 is 11.3 Å². The van der Waals surface area contributed by atoms with Crippen molar-refractivity contribution in [3.05, 3.63) is 57.9 Å². The number of urea groups is 1. The maximum absolute atomic E-state index is 13.2. The predicted octanol–water partition coefficient (Wildman–Crippen LogP) is 3.20. The highest BCUT2D eigenvalue weighted by Gasteiger charge is 2.54. The number of thiophene rings is 1. The van der Waals surface area contributed by atoms with E-state index in [1.807, 2.05) is 35.7 Å². The van der Waals surface area contributed by atoms with Crippen LogP contribution in [0.3, 0.4) is 0 Å². The number of ketones is 1. The number of fused-ring (bicyclic) bond motifs is 3. The van der Waals surface area contributed by atoms with Crippen LogP contribution in [0.4, 0.5) is 4.79 Å². The van der Waals surface area contributed by atoms with Gasteiger partial charge < -0.3 is 10.3 Å². The fraction of sp³-hybridized carbons (Fsp3) is 0.250. The molecule has 3 heterocycles. The number of carbonyl (C=O) groups is 3. The van der Waals surface area contributed by atoms with Crippen molar-refractivity contribution in [3.8, 4) is 0 Å². The molecule has 7 heteroatoms. The lowest BCUT2D eigenvalue weighted by atomic mass is 9.80. The highest BCUT2D eigenvalue weighted by Crippen LogP contribution is 2.42. The van der Waals surface area contributed by atoms with Gasteiger partial charge in [-0.2, -0.15) is 0 Å². The zero-order valence-corrected chi connectivity index (χ0v) is 15.3. The number of Topliss-reactive ketones (excluding diaryl/α,β-unsaturated/α-hetero) is 1. The van der Waals surface area contributed by atoms with Crippen molar-refractivity contribution >= 4 is 40.0 Å². The van der Waals surface area contributed by atoms with Crippen LogP contribution in [0.2, 0.25) is 0 Å². The van der Waals surface area contributed by atoms with Crippen molar-refractivity contribution in [1.82, 2.24) is 15.2 Å². The van der Waals surface area contributed by atoms with E-state index in [0.29, 0.717) is 12.0 Å². The minimum Gasteiger partial charge on any atom is -0.360 e. The molecule has 1 atom stereocenters. The van der Waals surface area contributed by atoms with E-state index in [2.05, 4.69) is 10.3 Å². The minimum absolute atomic E-state index is 0.255. The Balaban J connectivity index is 1.46. The molecule has 0 unspecified atom stereocenters. The third-order valence-electron chi connectivity index (χ3n) is 5.53. The molecule has 2 N–H and O–H groups in total. The van der Waals surface area contributed by atoms with Gasteiger partial charge in [-0.05, 0) is 36.8 Å². The van der Waals surface area contributed by atoms with E-state index in [4.69, 9.17) is 0 Å². The first kappa shape index (κ1) is 16.3. The number of aromatic amines is 1. The van der Waals surface area contributed by atoms with Gasteiger partial charge in [0.15, 0.2) is 5.78 Å². The summed E-state index contributed by atoms with van der Waals surface area (Å²) in [4.78, 5) is 43.9. The number of nitrogens with one attached hydrogen (secondary N) is 2. The first-order valence-electron chi connectivity index (χ1n) is 8.90. The van der Waals surface area contributed by atoms with Gasteiger partial charge in [-0.3, -0.25) is 14.5 Å². The van der Waals surface area contributed by atoms with E-state index in [-0.39, 0.29) is 18.2 Å². The number of aryl methyl sites for hydroxylation is 1. The van der Waals surface area contributed by atoms with Gasteiger partial charge in [-0.25, -0.2) is 4.79 Å². The van der Waals surface area contributed by atoms with E-state index in [1.165, 1.54) is 0 Å². The number of rotatable bonds is 3. The SMILES string of the molecule is O=C(CN1C(=O)N[C@]2(CCCc3sccc32)C1=O)c1c[nH]c2ccccc12. The highest BCUT2D eigenvalue weighted by molar-refractivity contribution is 7.10. The molecule has 0 saturated carbocycles. The topological polar surface area (TPSA) is 82.3 Å². The Morgan fingerprint density at radius 3 is 2.96 bits per heavy atom. The molecule has 1 fully saturated rings. The fourth-order valence-electron chi connectivity index (χ4n) is 4.22. The summed E-state index contributed by atoms with van der Waals surface area (Å²) in [5.74, 6) is -0.575. The zero-order valence-electron chi connectivity index (χ0n) is 14.5. The lowest BCUT2D eigenvalue weighted by Gasteiger charge is -2.31. The summed E-state index contributed by atoms with van der Waals surface area (Å²) in [5.41, 5.74) is 1.22. The Labute approximate surface area is 159 Å². The summed E-state index contributed by atoms with van der Waals surface area (Å²) in [7, 11) is 0. The van der Waals surface area contributed by atoms with E-state index in [0.717, 1.165) is 39.1 Å². The van der Waals surface area contributed by atoms with Crippen LogP contribution in [0, 0.1) is 0 Å². The van der Waals surface area contributed by atoms with Gasteiger partial charge in [0.2, 0.25) is 0 Å². The van der Waals surface area contributed by atoms with E-state index in [9.17, 15) is 14.4 Å². The van der Waals surface area contributed by atoms with Crippen LogP contribution in [-0.2, 0) is 16.8 Å². The first-order valence-corrected chi connectivity index (χ1v) is 9.78. The largest absolute Gasteiger partial charge is 0.360 e. The number of benzene rings is 1. The van der Waals surface area contributed by atoms with E-state index < -0.39 is 11.6 Å². The molecule has 2 aromatic heterocycles. The average molecular weight is 379 g/mol. The van der Waals surface area contributed by atoms with Gasteiger partial charge in [0.05, 0.1) is 6.54 Å². The molecule has 136 valence electrons. The summed E-state index contributed by atoms with van der Waals surface area (Å²) in [6.45, 7) is -0.256. The van der Waals surface area contributed by atoms with Crippen LogP contribution in [0.15, 0.2) is 41.9 Å². The first-order chi connectivity index (χ1) is 13.1. The number of H-pyrrole nitrogens is 1. The second-order valence-electron chi connectivity index (χ2n) is 7.01. The molecule has 3 amide bonds. The molecule has 0 bridgehead atoms.